The lowest BCUT2D eigenvalue weighted by molar-refractivity contribution is -0.127. The SMILES string of the molecule is CCCCN1CC(c2nc3ccccc3n2CCCc2ccccc2)CC1=O. The number of likely N-dealkylation sites (tertiary alicyclic amines) is 1. The maximum absolute atomic E-state index is 12.5. The summed E-state index contributed by atoms with van der Waals surface area (Å²) in [7, 11) is 0. The summed E-state index contributed by atoms with van der Waals surface area (Å²) in [5.74, 6) is 1.57. The highest BCUT2D eigenvalue weighted by atomic mass is 16.2. The van der Waals surface area contributed by atoms with Crippen molar-refractivity contribution < 1.29 is 4.79 Å². The molecule has 1 fully saturated rings. The Bertz CT molecular complexity index is 931. The molecular formula is C24H29N3O. The predicted molar refractivity (Wildman–Crippen MR) is 113 cm³/mol. The fraction of sp³-hybridized carbons (Fsp3) is 0.417. The maximum Gasteiger partial charge on any atom is 0.223 e. The summed E-state index contributed by atoms with van der Waals surface area (Å²) in [6.07, 6.45) is 4.90. The van der Waals surface area contributed by atoms with E-state index in [9.17, 15) is 4.79 Å². The quantitative estimate of drug-likeness (QED) is 0.568. The number of para-hydroxylation sites is 2. The normalized spacial score (nSPS) is 17.0. The van der Waals surface area contributed by atoms with Crippen LogP contribution < -0.4 is 0 Å². The van der Waals surface area contributed by atoms with Crippen LogP contribution in [0.5, 0.6) is 0 Å². The lowest BCUT2D eigenvalue weighted by Gasteiger charge is -2.17. The molecule has 1 atom stereocenters. The molecule has 2 heterocycles. The van der Waals surface area contributed by atoms with E-state index in [2.05, 4.69) is 60.0 Å². The highest BCUT2D eigenvalue weighted by Crippen LogP contribution is 2.31. The first kappa shape index (κ1) is 18.7. The van der Waals surface area contributed by atoms with Crippen LogP contribution >= 0.6 is 0 Å². The van der Waals surface area contributed by atoms with Gasteiger partial charge in [0.15, 0.2) is 0 Å². The zero-order valence-corrected chi connectivity index (χ0v) is 16.7. The van der Waals surface area contributed by atoms with Crippen LogP contribution in [-0.2, 0) is 17.8 Å². The summed E-state index contributed by atoms with van der Waals surface area (Å²) in [4.78, 5) is 19.5. The molecule has 28 heavy (non-hydrogen) atoms. The molecule has 1 aliphatic rings. The summed E-state index contributed by atoms with van der Waals surface area (Å²) in [6.45, 7) is 4.79. The maximum atomic E-state index is 12.5. The fourth-order valence-electron chi connectivity index (χ4n) is 4.24. The first-order valence-electron chi connectivity index (χ1n) is 10.5. The van der Waals surface area contributed by atoms with Crippen molar-refractivity contribution in [2.45, 2.75) is 51.5 Å². The van der Waals surface area contributed by atoms with Gasteiger partial charge in [-0.3, -0.25) is 4.79 Å². The van der Waals surface area contributed by atoms with Gasteiger partial charge in [0.05, 0.1) is 11.0 Å². The summed E-state index contributed by atoms with van der Waals surface area (Å²) in [5.41, 5.74) is 3.59. The number of amides is 1. The topological polar surface area (TPSA) is 38.1 Å². The molecule has 0 saturated carbocycles. The number of imidazole rings is 1. The van der Waals surface area contributed by atoms with Crippen LogP contribution in [0.4, 0.5) is 0 Å². The zero-order chi connectivity index (χ0) is 19.3. The Morgan fingerprint density at radius 1 is 1.00 bits per heavy atom. The third-order valence-electron chi connectivity index (χ3n) is 5.74. The number of aromatic nitrogens is 2. The van der Waals surface area contributed by atoms with E-state index in [1.54, 1.807) is 0 Å². The molecule has 4 nitrogen and oxygen atoms in total. The minimum absolute atomic E-state index is 0.202. The van der Waals surface area contributed by atoms with Crippen molar-refractivity contribution in [3.8, 4) is 0 Å². The van der Waals surface area contributed by atoms with Gasteiger partial charge in [-0.25, -0.2) is 4.98 Å². The largest absolute Gasteiger partial charge is 0.342 e. The molecule has 1 saturated heterocycles. The molecule has 1 aromatic heterocycles. The molecule has 1 aliphatic heterocycles. The molecule has 0 N–H and O–H groups in total. The predicted octanol–water partition coefficient (Wildman–Crippen LogP) is 4.79. The second kappa shape index (κ2) is 8.59. The average molecular weight is 376 g/mol. The molecule has 2 aromatic carbocycles. The van der Waals surface area contributed by atoms with Gasteiger partial charge < -0.3 is 9.47 Å². The molecule has 0 radical (unpaired) electrons. The molecule has 1 amide bonds. The second-order valence-electron chi connectivity index (χ2n) is 7.79. The van der Waals surface area contributed by atoms with Gasteiger partial charge in [-0.2, -0.15) is 0 Å². The Hall–Kier alpha value is -2.62. The number of benzene rings is 2. The van der Waals surface area contributed by atoms with Gasteiger partial charge in [0.2, 0.25) is 5.91 Å². The minimum atomic E-state index is 0.202. The van der Waals surface area contributed by atoms with Crippen molar-refractivity contribution >= 4 is 16.9 Å². The molecular weight excluding hydrogens is 346 g/mol. The molecule has 4 rings (SSSR count). The number of nitrogens with zero attached hydrogens (tertiary/aromatic N) is 3. The number of rotatable bonds is 8. The fourth-order valence-corrected chi connectivity index (χ4v) is 4.24. The van der Waals surface area contributed by atoms with E-state index >= 15 is 0 Å². The van der Waals surface area contributed by atoms with Crippen molar-refractivity contribution in [1.82, 2.24) is 14.5 Å². The summed E-state index contributed by atoms with van der Waals surface area (Å²) < 4.78 is 2.36. The molecule has 4 heteroatoms. The lowest BCUT2D eigenvalue weighted by Crippen LogP contribution is -2.26. The van der Waals surface area contributed by atoms with Gasteiger partial charge in [-0.1, -0.05) is 55.8 Å². The smallest absolute Gasteiger partial charge is 0.223 e. The Balaban J connectivity index is 1.54. The number of carbonyl (C=O) groups excluding carboxylic acids is 1. The number of hydrogen-bond acceptors (Lipinski definition) is 2. The van der Waals surface area contributed by atoms with Crippen LogP contribution in [0.1, 0.15) is 49.9 Å². The summed E-state index contributed by atoms with van der Waals surface area (Å²) in [5, 5.41) is 0. The van der Waals surface area contributed by atoms with Gasteiger partial charge in [-0.15, -0.1) is 0 Å². The van der Waals surface area contributed by atoms with Crippen LogP contribution in [0.3, 0.4) is 0 Å². The van der Waals surface area contributed by atoms with Crippen LogP contribution in [0.2, 0.25) is 0 Å². The van der Waals surface area contributed by atoms with Gasteiger partial charge in [-0.05, 0) is 37.0 Å². The van der Waals surface area contributed by atoms with Crippen molar-refractivity contribution in [3.63, 3.8) is 0 Å². The van der Waals surface area contributed by atoms with Crippen molar-refractivity contribution in [2.24, 2.45) is 0 Å². The number of carbonyl (C=O) groups is 1. The summed E-state index contributed by atoms with van der Waals surface area (Å²) in [6, 6.07) is 19.0. The standard InChI is InChI=1S/C24H29N3O/c1-2-3-15-26-18-20(17-23(26)28)24-25-21-13-7-8-14-22(21)27(24)16-9-12-19-10-5-4-6-11-19/h4-8,10-11,13-14,20H,2-3,9,12,15-18H2,1H3. The van der Waals surface area contributed by atoms with Crippen LogP contribution in [0.25, 0.3) is 11.0 Å². The van der Waals surface area contributed by atoms with E-state index in [0.717, 1.165) is 56.7 Å². The lowest BCUT2D eigenvalue weighted by atomic mass is 10.1. The number of hydrogen-bond donors (Lipinski definition) is 0. The number of aryl methyl sites for hydroxylation is 2. The zero-order valence-electron chi connectivity index (χ0n) is 16.7. The summed E-state index contributed by atoms with van der Waals surface area (Å²) >= 11 is 0. The number of unbranched alkanes of at least 4 members (excludes halogenated alkanes) is 1. The Morgan fingerprint density at radius 3 is 2.61 bits per heavy atom. The van der Waals surface area contributed by atoms with Gasteiger partial charge in [0.1, 0.15) is 5.82 Å². The van der Waals surface area contributed by atoms with Gasteiger partial charge >= 0.3 is 0 Å². The molecule has 0 bridgehead atoms. The third-order valence-corrected chi connectivity index (χ3v) is 5.74. The van der Waals surface area contributed by atoms with E-state index in [1.807, 2.05) is 11.0 Å². The Kier molecular flexibility index (Phi) is 5.75. The van der Waals surface area contributed by atoms with E-state index < -0.39 is 0 Å². The van der Waals surface area contributed by atoms with Gasteiger partial charge in [0, 0.05) is 32.0 Å². The van der Waals surface area contributed by atoms with E-state index in [-0.39, 0.29) is 11.8 Å². The highest BCUT2D eigenvalue weighted by molar-refractivity contribution is 5.80. The van der Waals surface area contributed by atoms with Crippen LogP contribution in [-0.4, -0.2) is 33.4 Å². The second-order valence-corrected chi connectivity index (χ2v) is 7.79. The number of fused-ring (bicyclic) bond motifs is 1. The third kappa shape index (κ3) is 3.96. The van der Waals surface area contributed by atoms with Crippen molar-refractivity contribution in [3.05, 3.63) is 66.0 Å². The molecule has 1 unspecified atom stereocenters. The van der Waals surface area contributed by atoms with Crippen LogP contribution in [0, 0.1) is 0 Å². The van der Waals surface area contributed by atoms with E-state index in [0.29, 0.717) is 6.42 Å². The molecule has 146 valence electrons. The Labute approximate surface area is 167 Å². The molecule has 3 aromatic rings. The van der Waals surface area contributed by atoms with Crippen molar-refractivity contribution in [1.29, 1.82) is 0 Å². The first-order chi connectivity index (χ1) is 13.8. The molecule has 0 aliphatic carbocycles. The highest BCUT2D eigenvalue weighted by Gasteiger charge is 2.33. The molecule has 0 spiro atoms. The van der Waals surface area contributed by atoms with Crippen molar-refractivity contribution in [2.75, 3.05) is 13.1 Å². The monoisotopic (exact) mass is 375 g/mol. The van der Waals surface area contributed by atoms with E-state index in [4.69, 9.17) is 4.98 Å². The Morgan fingerprint density at radius 2 is 1.79 bits per heavy atom. The van der Waals surface area contributed by atoms with Crippen LogP contribution in [0.15, 0.2) is 54.6 Å². The average Bonchev–Trinajstić information content (AvgIpc) is 3.28. The first-order valence-corrected chi connectivity index (χ1v) is 10.5. The van der Waals surface area contributed by atoms with E-state index in [1.165, 1.54) is 11.1 Å². The minimum Gasteiger partial charge on any atom is -0.342 e. The van der Waals surface area contributed by atoms with Gasteiger partial charge in [0.25, 0.3) is 0 Å².